The minimum absolute atomic E-state index is 0.119. The molecular weight excluding hydrogens is 408 g/mol. The molecule has 0 aliphatic rings. The maximum Gasteiger partial charge on any atom is 0.251 e. The van der Waals surface area contributed by atoms with E-state index < -0.39 is 0 Å². The first-order chi connectivity index (χ1) is 15.2. The molecule has 0 unspecified atom stereocenters. The number of hydrogen-bond acceptors (Lipinski definition) is 5. The van der Waals surface area contributed by atoms with Gasteiger partial charge in [0.05, 0.1) is 12.8 Å². The Bertz CT molecular complexity index is 1110. The van der Waals surface area contributed by atoms with E-state index in [1.165, 1.54) is 5.56 Å². The van der Waals surface area contributed by atoms with Crippen LogP contribution in [0.4, 0.5) is 0 Å². The van der Waals surface area contributed by atoms with Crippen molar-refractivity contribution in [1.82, 2.24) is 20.1 Å². The summed E-state index contributed by atoms with van der Waals surface area (Å²) in [5, 5.41) is 12.6. The van der Waals surface area contributed by atoms with Crippen LogP contribution in [0, 0.1) is 0 Å². The van der Waals surface area contributed by atoms with Crippen LogP contribution in [-0.2, 0) is 25.3 Å². The molecule has 2 aromatic carbocycles. The fraction of sp³-hybridized carbons (Fsp3) is 0.208. The molecule has 2 aromatic heterocycles. The highest BCUT2D eigenvalue weighted by atomic mass is 32.2. The largest absolute Gasteiger partial charge is 0.467 e. The van der Waals surface area contributed by atoms with E-state index in [1.807, 2.05) is 48.5 Å². The van der Waals surface area contributed by atoms with Crippen molar-refractivity contribution in [3.8, 4) is 0 Å². The number of nitrogens with zero attached hydrogens (tertiary/aromatic N) is 3. The average Bonchev–Trinajstić information content (AvgIpc) is 3.47. The molecule has 0 saturated carbocycles. The van der Waals surface area contributed by atoms with E-state index in [0.29, 0.717) is 12.1 Å². The van der Waals surface area contributed by atoms with Gasteiger partial charge < -0.3 is 14.3 Å². The van der Waals surface area contributed by atoms with Crippen LogP contribution in [0.15, 0.2) is 82.6 Å². The zero-order valence-corrected chi connectivity index (χ0v) is 18.1. The number of thioether (sulfide) groups is 1. The van der Waals surface area contributed by atoms with Gasteiger partial charge in [-0.05, 0) is 42.3 Å². The van der Waals surface area contributed by atoms with Crippen molar-refractivity contribution < 1.29 is 9.21 Å². The Kier molecular flexibility index (Phi) is 6.84. The Hall–Kier alpha value is -3.32. The Morgan fingerprint density at radius 2 is 1.81 bits per heavy atom. The van der Waals surface area contributed by atoms with Gasteiger partial charge in [0, 0.05) is 24.3 Å². The van der Waals surface area contributed by atoms with Crippen LogP contribution in [0.5, 0.6) is 0 Å². The van der Waals surface area contributed by atoms with Gasteiger partial charge in [-0.25, -0.2) is 0 Å². The molecule has 2 heterocycles. The minimum atomic E-state index is -0.119. The summed E-state index contributed by atoms with van der Waals surface area (Å²) < 4.78 is 7.40. The molecule has 0 saturated heterocycles. The molecule has 4 aromatic rings. The highest BCUT2D eigenvalue weighted by molar-refractivity contribution is 7.98. The lowest BCUT2D eigenvalue weighted by atomic mass is 10.1. The van der Waals surface area contributed by atoms with Crippen molar-refractivity contribution >= 4 is 17.7 Å². The Morgan fingerprint density at radius 3 is 2.52 bits per heavy atom. The third kappa shape index (κ3) is 5.44. The molecular formula is C24H24N4O2S. The highest BCUT2D eigenvalue weighted by Gasteiger charge is 2.12. The number of amides is 1. The number of furan rings is 1. The standard InChI is InChI=1S/C24H24N4O2S/c1-2-28-22(15-18-7-4-3-5-8-18)26-27-24(28)31-17-19-10-12-20(13-11-19)23(29)25-16-21-9-6-14-30-21/h3-14H,2,15-17H2,1H3,(H,25,29). The molecule has 0 atom stereocenters. The van der Waals surface area contributed by atoms with Crippen molar-refractivity contribution in [1.29, 1.82) is 0 Å². The first kappa shape index (κ1) is 20.9. The zero-order valence-electron chi connectivity index (χ0n) is 17.3. The molecule has 0 aliphatic heterocycles. The summed E-state index contributed by atoms with van der Waals surface area (Å²) in [6.07, 6.45) is 2.36. The van der Waals surface area contributed by atoms with E-state index in [9.17, 15) is 4.79 Å². The monoisotopic (exact) mass is 432 g/mol. The van der Waals surface area contributed by atoms with Gasteiger partial charge in [0.15, 0.2) is 5.16 Å². The number of carbonyl (C=O) groups is 1. The smallest absolute Gasteiger partial charge is 0.251 e. The van der Waals surface area contributed by atoms with Crippen molar-refractivity contribution in [2.45, 2.75) is 37.3 Å². The quantitative estimate of drug-likeness (QED) is 0.388. The topological polar surface area (TPSA) is 73.0 Å². The molecule has 7 heteroatoms. The van der Waals surface area contributed by atoms with E-state index in [2.05, 4.69) is 39.1 Å². The van der Waals surface area contributed by atoms with Gasteiger partial charge in [0.25, 0.3) is 5.91 Å². The lowest BCUT2D eigenvalue weighted by molar-refractivity contribution is 0.0948. The van der Waals surface area contributed by atoms with Gasteiger partial charge in [-0.1, -0.05) is 54.2 Å². The molecule has 1 amide bonds. The van der Waals surface area contributed by atoms with E-state index in [1.54, 1.807) is 24.1 Å². The number of aromatic nitrogens is 3. The molecule has 31 heavy (non-hydrogen) atoms. The molecule has 6 nitrogen and oxygen atoms in total. The van der Waals surface area contributed by atoms with Gasteiger partial charge in [0.1, 0.15) is 11.6 Å². The first-order valence-corrected chi connectivity index (χ1v) is 11.2. The lowest BCUT2D eigenvalue weighted by Crippen LogP contribution is -2.22. The number of rotatable bonds is 9. The second kappa shape index (κ2) is 10.1. The highest BCUT2D eigenvalue weighted by Crippen LogP contribution is 2.23. The summed E-state index contributed by atoms with van der Waals surface area (Å²) in [7, 11) is 0. The van der Waals surface area contributed by atoms with Gasteiger partial charge >= 0.3 is 0 Å². The van der Waals surface area contributed by atoms with E-state index in [0.717, 1.165) is 41.0 Å². The van der Waals surface area contributed by atoms with Gasteiger partial charge in [-0.15, -0.1) is 10.2 Å². The van der Waals surface area contributed by atoms with Gasteiger partial charge in [-0.2, -0.15) is 0 Å². The van der Waals surface area contributed by atoms with Crippen LogP contribution in [0.3, 0.4) is 0 Å². The van der Waals surface area contributed by atoms with E-state index in [-0.39, 0.29) is 5.91 Å². The molecule has 0 spiro atoms. The summed E-state index contributed by atoms with van der Waals surface area (Å²) >= 11 is 1.66. The Labute approximate surface area is 185 Å². The van der Waals surface area contributed by atoms with Crippen LogP contribution in [0.25, 0.3) is 0 Å². The van der Waals surface area contributed by atoms with Crippen molar-refractivity contribution in [3.63, 3.8) is 0 Å². The van der Waals surface area contributed by atoms with E-state index in [4.69, 9.17) is 4.42 Å². The maximum absolute atomic E-state index is 12.3. The zero-order chi connectivity index (χ0) is 21.5. The van der Waals surface area contributed by atoms with Crippen LogP contribution >= 0.6 is 11.8 Å². The van der Waals surface area contributed by atoms with Gasteiger partial charge in [-0.3, -0.25) is 4.79 Å². The van der Waals surface area contributed by atoms with Gasteiger partial charge in [0.2, 0.25) is 0 Å². The Balaban J connectivity index is 1.34. The predicted octanol–water partition coefficient (Wildman–Crippen LogP) is 4.70. The van der Waals surface area contributed by atoms with E-state index >= 15 is 0 Å². The molecule has 0 radical (unpaired) electrons. The molecule has 4 rings (SSSR count). The average molecular weight is 433 g/mol. The van der Waals surface area contributed by atoms with Crippen LogP contribution < -0.4 is 5.32 Å². The van der Waals surface area contributed by atoms with Crippen LogP contribution in [-0.4, -0.2) is 20.7 Å². The summed E-state index contributed by atoms with van der Waals surface area (Å²) in [6.45, 7) is 3.31. The number of nitrogens with one attached hydrogen (secondary N) is 1. The summed E-state index contributed by atoms with van der Waals surface area (Å²) in [4.78, 5) is 12.3. The fourth-order valence-corrected chi connectivity index (χ4v) is 4.21. The van der Waals surface area contributed by atoms with Crippen LogP contribution in [0.2, 0.25) is 0 Å². The van der Waals surface area contributed by atoms with Crippen molar-refractivity contribution in [3.05, 3.63) is 101 Å². The van der Waals surface area contributed by atoms with Crippen LogP contribution in [0.1, 0.15) is 40.0 Å². The molecule has 0 fully saturated rings. The second-order valence-corrected chi connectivity index (χ2v) is 8.00. The van der Waals surface area contributed by atoms with Crippen molar-refractivity contribution in [2.75, 3.05) is 0 Å². The fourth-order valence-electron chi connectivity index (χ4n) is 3.24. The SMILES string of the molecule is CCn1c(Cc2ccccc2)nnc1SCc1ccc(C(=O)NCc2ccco2)cc1. The number of benzene rings is 2. The normalized spacial score (nSPS) is 10.9. The summed E-state index contributed by atoms with van der Waals surface area (Å²) in [6, 6.07) is 21.6. The molecule has 0 bridgehead atoms. The summed E-state index contributed by atoms with van der Waals surface area (Å²) in [5.74, 6) is 2.34. The minimum Gasteiger partial charge on any atom is -0.467 e. The predicted molar refractivity (Wildman–Crippen MR) is 121 cm³/mol. The number of hydrogen-bond donors (Lipinski definition) is 1. The molecule has 158 valence electrons. The third-order valence-electron chi connectivity index (χ3n) is 4.90. The second-order valence-electron chi connectivity index (χ2n) is 7.05. The molecule has 0 aliphatic carbocycles. The summed E-state index contributed by atoms with van der Waals surface area (Å²) in [5.41, 5.74) is 2.98. The molecule has 1 N–H and O–H groups in total. The Morgan fingerprint density at radius 1 is 1.00 bits per heavy atom. The third-order valence-corrected chi connectivity index (χ3v) is 5.94. The maximum atomic E-state index is 12.3. The van der Waals surface area contributed by atoms with Crippen molar-refractivity contribution in [2.24, 2.45) is 0 Å². The number of carbonyl (C=O) groups excluding carboxylic acids is 1. The first-order valence-electron chi connectivity index (χ1n) is 10.2. The lowest BCUT2D eigenvalue weighted by Gasteiger charge is -2.08.